The van der Waals surface area contributed by atoms with Gasteiger partial charge in [-0.05, 0) is 24.7 Å². The maximum Gasteiger partial charge on any atom is 0.102 e. The van der Waals surface area contributed by atoms with Crippen LogP contribution in [0, 0.1) is 5.41 Å². The van der Waals surface area contributed by atoms with Gasteiger partial charge < -0.3 is 9.84 Å². The number of ether oxygens (including phenoxy) is 1. The summed E-state index contributed by atoms with van der Waals surface area (Å²) in [7, 11) is 1.66. The lowest BCUT2D eigenvalue weighted by Gasteiger charge is -2.46. The molecule has 4 heteroatoms. The third-order valence-electron chi connectivity index (χ3n) is 3.91. The minimum Gasteiger partial charge on any atom is -0.393 e. The predicted molar refractivity (Wildman–Crippen MR) is 66.9 cm³/mol. The first-order valence-corrected chi connectivity index (χ1v) is 6.48. The van der Waals surface area contributed by atoms with Crippen molar-refractivity contribution in [2.75, 3.05) is 33.5 Å². The van der Waals surface area contributed by atoms with Crippen LogP contribution in [0.4, 0.5) is 4.39 Å². The largest absolute Gasteiger partial charge is 0.393 e. The number of aliphatic hydroxyl groups is 1. The maximum atomic E-state index is 12.6. The van der Waals surface area contributed by atoms with Crippen molar-refractivity contribution in [1.82, 2.24) is 4.90 Å². The zero-order valence-electron chi connectivity index (χ0n) is 11.3. The Bertz CT molecular complexity index is 223. The Hall–Kier alpha value is -0.190. The molecule has 1 aliphatic rings. The van der Waals surface area contributed by atoms with Gasteiger partial charge >= 0.3 is 0 Å². The van der Waals surface area contributed by atoms with Gasteiger partial charge in [-0.2, -0.15) is 0 Å². The Labute approximate surface area is 104 Å². The number of rotatable bonds is 6. The summed E-state index contributed by atoms with van der Waals surface area (Å²) >= 11 is 0. The molecule has 1 saturated carbocycles. The fourth-order valence-corrected chi connectivity index (χ4v) is 2.78. The van der Waals surface area contributed by atoms with E-state index in [-0.39, 0.29) is 24.2 Å². The molecule has 17 heavy (non-hydrogen) atoms. The molecular formula is C13H26FNO2. The molecule has 102 valence electrons. The van der Waals surface area contributed by atoms with Gasteiger partial charge in [0.25, 0.3) is 0 Å². The Morgan fingerprint density at radius 2 is 2.12 bits per heavy atom. The zero-order chi connectivity index (χ0) is 12.9. The SMILES string of the molecule is COCCN(CCF)C1CC(O)CCC1(C)C. The van der Waals surface area contributed by atoms with Gasteiger partial charge in [-0.3, -0.25) is 4.90 Å². The summed E-state index contributed by atoms with van der Waals surface area (Å²) in [5.41, 5.74) is 0.141. The van der Waals surface area contributed by atoms with E-state index in [9.17, 15) is 9.50 Å². The van der Waals surface area contributed by atoms with Crippen LogP contribution in [-0.4, -0.2) is 55.6 Å². The van der Waals surface area contributed by atoms with Crippen LogP contribution in [0.1, 0.15) is 33.1 Å². The van der Waals surface area contributed by atoms with Gasteiger partial charge in [-0.15, -0.1) is 0 Å². The summed E-state index contributed by atoms with van der Waals surface area (Å²) in [6.07, 6.45) is 2.36. The summed E-state index contributed by atoms with van der Waals surface area (Å²) in [5.74, 6) is 0. The fourth-order valence-electron chi connectivity index (χ4n) is 2.78. The van der Waals surface area contributed by atoms with E-state index < -0.39 is 0 Å². The average molecular weight is 247 g/mol. The standard InChI is InChI=1S/C13H26FNO2/c1-13(2)5-4-11(16)10-12(13)15(7-6-14)8-9-17-3/h11-12,16H,4-10H2,1-3H3. The first-order chi connectivity index (χ1) is 8.01. The highest BCUT2D eigenvalue weighted by atomic mass is 19.1. The van der Waals surface area contributed by atoms with E-state index in [1.807, 2.05) is 0 Å². The molecule has 0 amide bonds. The third kappa shape index (κ3) is 4.19. The second-order valence-corrected chi connectivity index (χ2v) is 5.65. The van der Waals surface area contributed by atoms with Crippen molar-refractivity contribution in [1.29, 1.82) is 0 Å². The third-order valence-corrected chi connectivity index (χ3v) is 3.91. The number of alkyl halides is 1. The summed E-state index contributed by atoms with van der Waals surface area (Å²) in [6, 6.07) is 0.247. The normalized spacial score (nSPS) is 28.6. The van der Waals surface area contributed by atoms with Crippen molar-refractivity contribution in [2.45, 2.75) is 45.3 Å². The molecule has 0 spiro atoms. The van der Waals surface area contributed by atoms with Gasteiger partial charge in [0.15, 0.2) is 0 Å². The molecule has 0 aromatic heterocycles. The van der Waals surface area contributed by atoms with Crippen molar-refractivity contribution in [3.05, 3.63) is 0 Å². The number of hydrogen-bond donors (Lipinski definition) is 1. The van der Waals surface area contributed by atoms with Crippen LogP contribution in [0.5, 0.6) is 0 Å². The number of aliphatic hydroxyl groups excluding tert-OH is 1. The van der Waals surface area contributed by atoms with Gasteiger partial charge in [0, 0.05) is 26.2 Å². The van der Waals surface area contributed by atoms with E-state index in [1.54, 1.807) is 7.11 Å². The van der Waals surface area contributed by atoms with Crippen molar-refractivity contribution in [3.63, 3.8) is 0 Å². The number of nitrogens with zero attached hydrogens (tertiary/aromatic N) is 1. The highest BCUT2D eigenvalue weighted by Crippen LogP contribution is 2.38. The Morgan fingerprint density at radius 1 is 1.41 bits per heavy atom. The summed E-state index contributed by atoms with van der Waals surface area (Å²) in [4.78, 5) is 2.13. The molecule has 0 bridgehead atoms. The second kappa shape index (κ2) is 6.66. The molecule has 2 unspecified atom stereocenters. The lowest BCUT2D eigenvalue weighted by molar-refractivity contribution is -0.0210. The molecule has 3 nitrogen and oxygen atoms in total. The zero-order valence-corrected chi connectivity index (χ0v) is 11.3. The molecule has 0 radical (unpaired) electrons. The van der Waals surface area contributed by atoms with Crippen LogP contribution in [0.3, 0.4) is 0 Å². The minimum absolute atomic E-state index is 0.141. The van der Waals surface area contributed by atoms with Gasteiger partial charge in [0.1, 0.15) is 6.67 Å². The molecule has 1 fully saturated rings. The molecule has 0 aliphatic heterocycles. The fraction of sp³-hybridized carbons (Fsp3) is 1.00. The highest BCUT2D eigenvalue weighted by Gasteiger charge is 2.38. The lowest BCUT2D eigenvalue weighted by Crippen LogP contribution is -2.51. The average Bonchev–Trinajstić information content (AvgIpc) is 2.28. The molecule has 2 atom stereocenters. The highest BCUT2D eigenvalue weighted by molar-refractivity contribution is 4.92. The van der Waals surface area contributed by atoms with Gasteiger partial charge in [0.2, 0.25) is 0 Å². The van der Waals surface area contributed by atoms with Crippen LogP contribution >= 0.6 is 0 Å². The molecule has 0 heterocycles. The van der Waals surface area contributed by atoms with Crippen LogP contribution in [0.15, 0.2) is 0 Å². The molecule has 1 aliphatic carbocycles. The Balaban J connectivity index is 2.67. The molecular weight excluding hydrogens is 221 g/mol. The quantitative estimate of drug-likeness (QED) is 0.777. The van der Waals surface area contributed by atoms with Crippen molar-refractivity contribution >= 4 is 0 Å². The van der Waals surface area contributed by atoms with E-state index in [4.69, 9.17) is 4.74 Å². The first kappa shape index (κ1) is 14.9. The molecule has 0 saturated heterocycles. The van der Waals surface area contributed by atoms with Crippen LogP contribution < -0.4 is 0 Å². The van der Waals surface area contributed by atoms with E-state index in [0.717, 1.165) is 25.8 Å². The van der Waals surface area contributed by atoms with E-state index in [2.05, 4.69) is 18.7 Å². The monoisotopic (exact) mass is 247 g/mol. The van der Waals surface area contributed by atoms with Gasteiger partial charge in [-0.1, -0.05) is 13.8 Å². The predicted octanol–water partition coefficient (Wildman–Crippen LogP) is 1.84. The Kier molecular flexibility index (Phi) is 5.83. The molecule has 0 aromatic carbocycles. The second-order valence-electron chi connectivity index (χ2n) is 5.65. The van der Waals surface area contributed by atoms with E-state index >= 15 is 0 Å². The van der Waals surface area contributed by atoms with Crippen LogP contribution in [0.25, 0.3) is 0 Å². The topological polar surface area (TPSA) is 32.7 Å². The number of halogens is 1. The number of methoxy groups -OCH3 is 1. The number of hydrogen-bond acceptors (Lipinski definition) is 3. The van der Waals surface area contributed by atoms with Crippen LogP contribution in [-0.2, 0) is 4.74 Å². The molecule has 0 aromatic rings. The van der Waals surface area contributed by atoms with E-state index in [1.165, 1.54) is 0 Å². The van der Waals surface area contributed by atoms with Gasteiger partial charge in [0.05, 0.1) is 12.7 Å². The summed E-state index contributed by atoms with van der Waals surface area (Å²) in [6.45, 7) is 5.86. The van der Waals surface area contributed by atoms with E-state index in [0.29, 0.717) is 13.2 Å². The maximum absolute atomic E-state index is 12.6. The lowest BCUT2D eigenvalue weighted by atomic mass is 9.71. The van der Waals surface area contributed by atoms with Crippen molar-refractivity contribution < 1.29 is 14.2 Å². The minimum atomic E-state index is -0.341. The first-order valence-electron chi connectivity index (χ1n) is 6.48. The summed E-state index contributed by atoms with van der Waals surface area (Å²) < 4.78 is 17.7. The molecule has 1 N–H and O–H groups in total. The van der Waals surface area contributed by atoms with Crippen LogP contribution in [0.2, 0.25) is 0 Å². The molecule has 1 rings (SSSR count). The Morgan fingerprint density at radius 3 is 2.71 bits per heavy atom. The van der Waals surface area contributed by atoms with Crippen molar-refractivity contribution in [2.24, 2.45) is 5.41 Å². The smallest absolute Gasteiger partial charge is 0.102 e. The van der Waals surface area contributed by atoms with Gasteiger partial charge in [-0.25, -0.2) is 4.39 Å². The summed E-state index contributed by atoms with van der Waals surface area (Å²) in [5, 5.41) is 9.80. The van der Waals surface area contributed by atoms with Crippen molar-refractivity contribution in [3.8, 4) is 0 Å².